The van der Waals surface area contributed by atoms with E-state index in [1.807, 2.05) is 43.6 Å². The second kappa shape index (κ2) is 8.97. The molecule has 0 atom stereocenters. The first-order chi connectivity index (χ1) is 18.2. The fourth-order valence-electron chi connectivity index (χ4n) is 4.68. The number of nitrogens with one attached hydrogen (secondary N) is 1. The average Bonchev–Trinajstić information content (AvgIpc) is 3.69. The Balaban J connectivity index is 1.12. The molecule has 0 amide bonds. The summed E-state index contributed by atoms with van der Waals surface area (Å²) in [6.45, 7) is 4.89. The predicted molar refractivity (Wildman–Crippen MR) is 141 cm³/mol. The highest BCUT2D eigenvalue weighted by atomic mass is 16.5. The van der Waals surface area contributed by atoms with Crippen molar-refractivity contribution in [1.29, 1.82) is 0 Å². The molecule has 2 aliphatic rings. The Kier molecular flexibility index (Phi) is 5.32. The van der Waals surface area contributed by atoms with Crippen molar-refractivity contribution in [2.75, 3.05) is 36.5 Å². The number of imidazole rings is 1. The van der Waals surface area contributed by atoms with Crippen molar-refractivity contribution < 1.29 is 9.47 Å². The molecule has 0 spiro atoms. The molecule has 1 saturated heterocycles. The van der Waals surface area contributed by atoms with Crippen LogP contribution < -0.4 is 15.0 Å². The third kappa shape index (κ3) is 4.29. The molecular formula is C27H26N8O2. The van der Waals surface area contributed by atoms with Gasteiger partial charge in [0.2, 0.25) is 5.95 Å². The van der Waals surface area contributed by atoms with E-state index in [9.17, 15) is 0 Å². The van der Waals surface area contributed by atoms with E-state index >= 15 is 0 Å². The Morgan fingerprint density at radius 3 is 2.70 bits per heavy atom. The Labute approximate surface area is 213 Å². The molecule has 5 aromatic rings. The summed E-state index contributed by atoms with van der Waals surface area (Å²) in [7, 11) is 0. The quantitative estimate of drug-likeness (QED) is 0.357. The number of hydrogen-bond donors (Lipinski definition) is 1. The summed E-state index contributed by atoms with van der Waals surface area (Å²) < 4.78 is 13.9. The molecule has 1 aliphatic carbocycles. The number of anilines is 3. The minimum atomic E-state index is 0.600. The molecule has 0 radical (unpaired) electrons. The molecule has 10 nitrogen and oxygen atoms in total. The second-order valence-corrected chi connectivity index (χ2v) is 9.47. The van der Waals surface area contributed by atoms with Gasteiger partial charge in [-0.15, -0.1) is 0 Å². The number of nitrogens with zero attached hydrogens (tertiary/aromatic N) is 7. The lowest BCUT2D eigenvalue weighted by Gasteiger charge is -2.26. The van der Waals surface area contributed by atoms with Crippen LogP contribution in [0.4, 0.5) is 17.5 Å². The standard InChI is InChI=1S/C27H26N8O2/c1-17-12-18(2-7-24(17)37-20-5-6-23-21(13-20)31-16-35(23)19-3-4-19)32-26-25-22(29-15-30-26)14-28-27(33-25)34-8-10-36-11-9-34/h2,5-7,12-16,19H,3-4,8-11H2,1H3,(H,29,30,32). The van der Waals surface area contributed by atoms with Crippen LogP contribution in [0, 0.1) is 6.92 Å². The smallest absolute Gasteiger partial charge is 0.226 e. The number of fused-ring (bicyclic) bond motifs is 2. The molecule has 1 saturated carbocycles. The monoisotopic (exact) mass is 494 g/mol. The van der Waals surface area contributed by atoms with Gasteiger partial charge in [0.25, 0.3) is 0 Å². The van der Waals surface area contributed by atoms with E-state index in [2.05, 4.69) is 40.8 Å². The molecule has 0 bridgehead atoms. The summed E-state index contributed by atoms with van der Waals surface area (Å²) in [6, 6.07) is 12.7. The van der Waals surface area contributed by atoms with Crippen molar-refractivity contribution in [3.05, 3.63) is 60.8 Å². The van der Waals surface area contributed by atoms with Crippen molar-refractivity contribution in [3.63, 3.8) is 0 Å². The minimum Gasteiger partial charge on any atom is -0.457 e. The van der Waals surface area contributed by atoms with E-state index in [0.29, 0.717) is 42.1 Å². The number of benzene rings is 2. The Morgan fingerprint density at radius 2 is 1.86 bits per heavy atom. The summed E-state index contributed by atoms with van der Waals surface area (Å²) in [4.78, 5) is 24.7. The first-order valence-electron chi connectivity index (χ1n) is 12.5. The van der Waals surface area contributed by atoms with E-state index in [4.69, 9.17) is 14.5 Å². The zero-order valence-corrected chi connectivity index (χ0v) is 20.5. The number of morpholine rings is 1. The molecule has 2 fully saturated rings. The van der Waals surface area contributed by atoms with Gasteiger partial charge in [-0.2, -0.15) is 0 Å². The van der Waals surface area contributed by atoms with Gasteiger partial charge < -0.3 is 24.3 Å². The van der Waals surface area contributed by atoms with Crippen LogP contribution in [0.3, 0.4) is 0 Å². The van der Waals surface area contributed by atoms with E-state index in [0.717, 1.165) is 46.9 Å². The summed E-state index contributed by atoms with van der Waals surface area (Å²) in [6.07, 6.45) is 7.66. The van der Waals surface area contributed by atoms with Gasteiger partial charge in [0.15, 0.2) is 5.82 Å². The van der Waals surface area contributed by atoms with Crippen LogP contribution in [0.15, 0.2) is 55.2 Å². The second-order valence-electron chi connectivity index (χ2n) is 9.47. The van der Waals surface area contributed by atoms with Crippen LogP contribution in [0.5, 0.6) is 11.5 Å². The fourth-order valence-corrected chi connectivity index (χ4v) is 4.68. The van der Waals surface area contributed by atoms with Crippen molar-refractivity contribution in [2.45, 2.75) is 25.8 Å². The third-order valence-corrected chi connectivity index (χ3v) is 6.81. The van der Waals surface area contributed by atoms with Crippen molar-refractivity contribution >= 4 is 39.5 Å². The molecule has 7 rings (SSSR count). The van der Waals surface area contributed by atoms with E-state index in [1.165, 1.54) is 19.2 Å². The van der Waals surface area contributed by atoms with Gasteiger partial charge in [-0.3, -0.25) is 0 Å². The van der Waals surface area contributed by atoms with Crippen molar-refractivity contribution in [3.8, 4) is 11.5 Å². The molecule has 1 aliphatic heterocycles. The predicted octanol–water partition coefficient (Wildman–Crippen LogP) is 4.79. The maximum absolute atomic E-state index is 6.22. The molecular weight excluding hydrogens is 468 g/mol. The molecule has 37 heavy (non-hydrogen) atoms. The van der Waals surface area contributed by atoms with Crippen LogP contribution in [-0.4, -0.2) is 55.8 Å². The van der Waals surface area contributed by atoms with Gasteiger partial charge in [0.1, 0.15) is 28.9 Å². The highest BCUT2D eigenvalue weighted by molar-refractivity contribution is 5.87. The average molecular weight is 495 g/mol. The zero-order chi connectivity index (χ0) is 24.8. The number of ether oxygens (including phenoxy) is 2. The summed E-state index contributed by atoms with van der Waals surface area (Å²) in [5, 5.41) is 3.40. The summed E-state index contributed by atoms with van der Waals surface area (Å²) in [5.74, 6) is 2.85. The third-order valence-electron chi connectivity index (χ3n) is 6.81. The van der Waals surface area contributed by atoms with Gasteiger partial charge in [-0.05, 0) is 55.7 Å². The van der Waals surface area contributed by atoms with Crippen LogP contribution in [0.2, 0.25) is 0 Å². The minimum absolute atomic E-state index is 0.600. The van der Waals surface area contributed by atoms with Gasteiger partial charge in [-0.25, -0.2) is 24.9 Å². The zero-order valence-electron chi connectivity index (χ0n) is 20.5. The highest BCUT2D eigenvalue weighted by Gasteiger charge is 2.25. The molecule has 186 valence electrons. The van der Waals surface area contributed by atoms with E-state index in [1.54, 1.807) is 6.20 Å². The largest absolute Gasteiger partial charge is 0.457 e. The Morgan fingerprint density at radius 1 is 0.973 bits per heavy atom. The topological polar surface area (TPSA) is 103 Å². The van der Waals surface area contributed by atoms with E-state index in [-0.39, 0.29) is 0 Å². The molecule has 3 aromatic heterocycles. The number of aryl methyl sites for hydroxylation is 1. The van der Waals surface area contributed by atoms with Crippen LogP contribution in [-0.2, 0) is 4.74 Å². The number of aromatic nitrogens is 6. The van der Waals surface area contributed by atoms with Crippen molar-refractivity contribution in [2.24, 2.45) is 0 Å². The first-order valence-corrected chi connectivity index (χ1v) is 12.5. The summed E-state index contributed by atoms with van der Waals surface area (Å²) >= 11 is 0. The Hall–Kier alpha value is -4.31. The van der Waals surface area contributed by atoms with Gasteiger partial charge in [0.05, 0.1) is 36.8 Å². The molecule has 0 unspecified atom stereocenters. The van der Waals surface area contributed by atoms with Gasteiger partial charge >= 0.3 is 0 Å². The maximum Gasteiger partial charge on any atom is 0.226 e. The van der Waals surface area contributed by atoms with Crippen LogP contribution in [0.1, 0.15) is 24.4 Å². The number of rotatable bonds is 6. The molecule has 4 heterocycles. The first kappa shape index (κ1) is 21.9. The maximum atomic E-state index is 6.22. The van der Waals surface area contributed by atoms with Gasteiger partial charge in [0, 0.05) is 30.9 Å². The van der Waals surface area contributed by atoms with Crippen LogP contribution in [0.25, 0.3) is 22.1 Å². The number of hydrogen-bond acceptors (Lipinski definition) is 9. The lowest BCUT2D eigenvalue weighted by atomic mass is 10.2. The van der Waals surface area contributed by atoms with Crippen molar-refractivity contribution in [1.82, 2.24) is 29.5 Å². The lowest BCUT2D eigenvalue weighted by Crippen LogP contribution is -2.37. The molecule has 1 N–H and O–H groups in total. The highest BCUT2D eigenvalue weighted by Crippen LogP contribution is 2.38. The Bertz CT molecular complexity index is 1610. The fraction of sp³-hybridized carbons (Fsp3) is 0.296. The molecule has 10 heteroatoms. The van der Waals surface area contributed by atoms with Crippen LogP contribution >= 0.6 is 0 Å². The lowest BCUT2D eigenvalue weighted by molar-refractivity contribution is 0.122. The SMILES string of the molecule is Cc1cc(Nc2ncnc3cnc(N4CCOCC4)nc23)ccc1Oc1ccc2c(c1)ncn2C1CC1. The summed E-state index contributed by atoms with van der Waals surface area (Å²) in [5.41, 5.74) is 5.35. The van der Waals surface area contributed by atoms with E-state index < -0.39 is 0 Å². The normalized spacial score (nSPS) is 15.9. The molecule has 2 aromatic carbocycles. The van der Waals surface area contributed by atoms with Gasteiger partial charge in [-0.1, -0.05) is 0 Å².